The summed E-state index contributed by atoms with van der Waals surface area (Å²) < 4.78 is 5.03. The fourth-order valence-electron chi connectivity index (χ4n) is 1.45. The zero-order valence-electron chi connectivity index (χ0n) is 10.7. The molecule has 0 fully saturated rings. The minimum atomic E-state index is 0.180. The summed E-state index contributed by atoms with van der Waals surface area (Å²) in [4.78, 5) is 2.15. The van der Waals surface area contributed by atoms with Gasteiger partial charge in [0.2, 0.25) is 0 Å². The van der Waals surface area contributed by atoms with E-state index in [-0.39, 0.29) is 6.61 Å². The van der Waals surface area contributed by atoms with Crippen LogP contribution in [0.3, 0.4) is 0 Å². The SMILES string of the molecule is C=C(CNCCC)CN(CCO)CCOC. The van der Waals surface area contributed by atoms with Crippen LogP contribution < -0.4 is 5.32 Å². The number of methoxy groups -OCH3 is 1. The third-order valence-electron chi connectivity index (χ3n) is 2.28. The number of aliphatic hydroxyl groups is 1. The lowest BCUT2D eigenvalue weighted by atomic mass is 10.2. The van der Waals surface area contributed by atoms with Gasteiger partial charge in [0.25, 0.3) is 0 Å². The maximum Gasteiger partial charge on any atom is 0.0589 e. The summed E-state index contributed by atoms with van der Waals surface area (Å²) in [6.45, 7) is 11.3. The second-order valence-electron chi connectivity index (χ2n) is 3.92. The van der Waals surface area contributed by atoms with E-state index in [1.807, 2.05) is 0 Å². The summed E-state index contributed by atoms with van der Waals surface area (Å²) in [7, 11) is 1.69. The van der Waals surface area contributed by atoms with E-state index in [1.165, 1.54) is 0 Å². The molecule has 2 N–H and O–H groups in total. The van der Waals surface area contributed by atoms with Crippen molar-refractivity contribution in [3.63, 3.8) is 0 Å². The number of aliphatic hydroxyl groups excluding tert-OH is 1. The molecule has 4 nitrogen and oxygen atoms in total. The molecule has 0 radical (unpaired) electrons. The van der Waals surface area contributed by atoms with E-state index in [0.717, 1.165) is 38.2 Å². The van der Waals surface area contributed by atoms with Crippen molar-refractivity contribution in [1.29, 1.82) is 0 Å². The Morgan fingerprint density at radius 2 is 2.19 bits per heavy atom. The number of nitrogens with zero attached hydrogens (tertiary/aromatic N) is 1. The predicted octanol–water partition coefficient (Wildman–Crippen LogP) is 0.483. The highest BCUT2D eigenvalue weighted by atomic mass is 16.5. The fraction of sp³-hybridized carbons (Fsp3) is 0.833. The summed E-state index contributed by atoms with van der Waals surface area (Å²) in [5.41, 5.74) is 1.15. The van der Waals surface area contributed by atoms with E-state index in [0.29, 0.717) is 13.2 Å². The number of hydrogen-bond acceptors (Lipinski definition) is 4. The second kappa shape index (κ2) is 11.1. The molecule has 0 aliphatic carbocycles. The second-order valence-corrected chi connectivity index (χ2v) is 3.92. The average Bonchev–Trinajstić information content (AvgIpc) is 2.26. The summed E-state index contributed by atoms with van der Waals surface area (Å²) in [5, 5.41) is 12.3. The van der Waals surface area contributed by atoms with Gasteiger partial charge in [0.05, 0.1) is 13.2 Å². The molecule has 4 heteroatoms. The maximum absolute atomic E-state index is 8.94. The molecular weight excluding hydrogens is 204 g/mol. The zero-order chi connectivity index (χ0) is 12.2. The van der Waals surface area contributed by atoms with Gasteiger partial charge in [0, 0.05) is 33.3 Å². The van der Waals surface area contributed by atoms with Crippen LogP contribution in [-0.2, 0) is 4.74 Å². The van der Waals surface area contributed by atoms with Crippen molar-refractivity contribution >= 4 is 0 Å². The van der Waals surface area contributed by atoms with Crippen LogP contribution in [0.25, 0.3) is 0 Å². The van der Waals surface area contributed by atoms with Gasteiger partial charge < -0.3 is 15.2 Å². The van der Waals surface area contributed by atoms with E-state index in [9.17, 15) is 0 Å². The van der Waals surface area contributed by atoms with E-state index in [1.54, 1.807) is 7.11 Å². The Balaban J connectivity index is 3.73. The predicted molar refractivity (Wildman–Crippen MR) is 67.7 cm³/mol. The van der Waals surface area contributed by atoms with Gasteiger partial charge in [0.1, 0.15) is 0 Å². The smallest absolute Gasteiger partial charge is 0.0589 e. The highest BCUT2D eigenvalue weighted by molar-refractivity contribution is 4.99. The molecular formula is C12H26N2O2. The first-order chi connectivity index (χ1) is 7.74. The molecule has 0 aromatic heterocycles. The van der Waals surface area contributed by atoms with E-state index in [2.05, 4.69) is 23.7 Å². The highest BCUT2D eigenvalue weighted by Crippen LogP contribution is 1.96. The van der Waals surface area contributed by atoms with E-state index >= 15 is 0 Å². The van der Waals surface area contributed by atoms with Crippen molar-refractivity contribution in [2.24, 2.45) is 0 Å². The van der Waals surface area contributed by atoms with Crippen molar-refractivity contribution < 1.29 is 9.84 Å². The quantitative estimate of drug-likeness (QED) is 0.400. The normalized spacial score (nSPS) is 11.0. The molecule has 16 heavy (non-hydrogen) atoms. The van der Waals surface area contributed by atoms with Crippen LogP contribution in [0.5, 0.6) is 0 Å². The molecule has 0 saturated heterocycles. The molecule has 0 aromatic carbocycles. The van der Waals surface area contributed by atoms with Crippen molar-refractivity contribution in [2.75, 3.05) is 53.0 Å². The minimum absolute atomic E-state index is 0.180. The Morgan fingerprint density at radius 3 is 2.75 bits per heavy atom. The lowest BCUT2D eigenvalue weighted by molar-refractivity contribution is 0.136. The van der Waals surface area contributed by atoms with Gasteiger partial charge in [-0.2, -0.15) is 0 Å². The molecule has 0 saturated carbocycles. The molecule has 0 aromatic rings. The molecule has 0 aliphatic rings. The number of ether oxygens (including phenoxy) is 1. The first-order valence-electron chi connectivity index (χ1n) is 5.94. The molecule has 0 rings (SSSR count). The Bertz CT molecular complexity index is 174. The Kier molecular flexibility index (Phi) is 10.8. The van der Waals surface area contributed by atoms with Crippen LogP contribution in [0.2, 0.25) is 0 Å². The Morgan fingerprint density at radius 1 is 1.44 bits per heavy atom. The number of nitrogens with one attached hydrogen (secondary N) is 1. The van der Waals surface area contributed by atoms with Crippen molar-refractivity contribution in [2.45, 2.75) is 13.3 Å². The summed E-state index contributed by atoms with van der Waals surface area (Å²) in [6, 6.07) is 0. The third-order valence-corrected chi connectivity index (χ3v) is 2.28. The highest BCUT2D eigenvalue weighted by Gasteiger charge is 2.05. The molecule has 96 valence electrons. The third kappa shape index (κ3) is 8.85. The van der Waals surface area contributed by atoms with Gasteiger partial charge in [-0.1, -0.05) is 13.5 Å². The maximum atomic E-state index is 8.94. The summed E-state index contributed by atoms with van der Waals surface area (Å²) in [6.07, 6.45) is 1.14. The fourth-order valence-corrected chi connectivity index (χ4v) is 1.45. The molecule has 0 unspecified atom stereocenters. The van der Waals surface area contributed by atoms with Crippen LogP contribution in [-0.4, -0.2) is 63.1 Å². The summed E-state index contributed by atoms with van der Waals surface area (Å²) >= 11 is 0. The monoisotopic (exact) mass is 230 g/mol. The Hall–Kier alpha value is -0.420. The van der Waals surface area contributed by atoms with Gasteiger partial charge in [-0.15, -0.1) is 0 Å². The molecule has 0 aliphatic heterocycles. The first kappa shape index (κ1) is 15.6. The number of hydrogen-bond donors (Lipinski definition) is 2. The molecule has 0 spiro atoms. The molecule has 0 bridgehead atoms. The van der Waals surface area contributed by atoms with Crippen LogP contribution in [0.15, 0.2) is 12.2 Å². The zero-order valence-corrected chi connectivity index (χ0v) is 10.7. The van der Waals surface area contributed by atoms with Gasteiger partial charge in [0.15, 0.2) is 0 Å². The van der Waals surface area contributed by atoms with Crippen LogP contribution in [0.4, 0.5) is 0 Å². The van der Waals surface area contributed by atoms with Crippen LogP contribution in [0, 0.1) is 0 Å². The van der Waals surface area contributed by atoms with E-state index < -0.39 is 0 Å². The van der Waals surface area contributed by atoms with Crippen molar-refractivity contribution in [3.05, 3.63) is 12.2 Å². The minimum Gasteiger partial charge on any atom is -0.395 e. The average molecular weight is 230 g/mol. The van der Waals surface area contributed by atoms with Crippen molar-refractivity contribution in [1.82, 2.24) is 10.2 Å². The molecule has 0 amide bonds. The van der Waals surface area contributed by atoms with Crippen molar-refractivity contribution in [3.8, 4) is 0 Å². The van der Waals surface area contributed by atoms with Gasteiger partial charge in [-0.05, 0) is 18.5 Å². The standard InChI is InChI=1S/C12H26N2O2/c1-4-5-13-10-12(2)11-14(6-8-15)7-9-16-3/h13,15H,2,4-11H2,1,3H3. The van der Waals surface area contributed by atoms with Crippen LogP contribution >= 0.6 is 0 Å². The van der Waals surface area contributed by atoms with Gasteiger partial charge in [-0.3, -0.25) is 4.90 Å². The molecule has 0 heterocycles. The lowest BCUT2D eigenvalue weighted by Crippen LogP contribution is -2.34. The van der Waals surface area contributed by atoms with E-state index in [4.69, 9.17) is 9.84 Å². The first-order valence-corrected chi connectivity index (χ1v) is 5.94. The largest absolute Gasteiger partial charge is 0.395 e. The summed E-state index contributed by atoms with van der Waals surface area (Å²) in [5.74, 6) is 0. The lowest BCUT2D eigenvalue weighted by Gasteiger charge is -2.22. The van der Waals surface area contributed by atoms with Gasteiger partial charge >= 0.3 is 0 Å². The molecule has 0 atom stereocenters. The van der Waals surface area contributed by atoms with Crippen LogP contribution in [0.1, 0.15) is 13.3 Å². The Labute approximate surface area is 99.3 Å². The number of rotatable bonds is 11. The van der Waals surface area contributed by atoms with Gasteiger partial charge in [-0.25, -0.2) is 0 Å². The topological polar surface area (TPSA) is 44.7 Å².